The fraction of sp³-hybridized carbons (Fsp3) is 0.250. The predicted octanol–water partition coefficient (Wildman–Crippen LogP) is 1.54. The number of fused-ring (bicyclic) bond motifs is 1. The van der Waals surface area contributed by atoms with Gasteiger partial charge in [-0.25, -0.2) is 9.78 Å². The van der Waals surface area contributed by atoms with Crippen LogP contribution in [-0.4, -0.2) is 36.7 Å². The summed E-state index contributed by atoms with van der Waals surface area (Å²) in [5, 5.41) is 13.1. The Hall–Kier alpha value is -3.16. The minimum absolute atomic E-state index is 0.0345. The van der Waals surface area contributed by atoms with Gasteiger partial charge < -0.3 is 15.8 Å². The van der Waals surface area contributed by atoms with Crippen molar-refractivity contribution in [3.8, 4) is 0 Å². The second-order valence-electron chi connectivity index (χ2n) is 5.78. The van der Waals surface area contributed by atoms with Gasteiger partial charge in [-0.1, -0.05) is 0 Å². The molecule has 1 atom stereocenters. The zero-order valence-electron chi connectivity index (χ0n) is 13.3. The normalized spacial score (nSPS) is 12.4. The van der Waals surface area contributed by atoms with Gasteiger partial charge in [0.1, 0.15) is 11.9 Å². The number of hydrogen-bond acceptors (Lipinski definition) is 4. The van der Waals surface area contributed by atoms with Crippen LogP contribution in [0.15, 0.2) is 24.5 Å². The van der Waals surface area contributed by atoms with Crippen molar-refractivity contribution in [2.24, 2.45) is 5.73 Å². The van der Waals surface area contributed by atoms with Gasteiger partial charge in [-0.3, -0.25) is 9.48 Å². The van der Waals surface area contributed by atoms with Crippen LogP contribution in [-0.2, 0) is 4.79 Å². The highest BCUT2D eigenvalue weighted by Crippen LogP contribution is 2.24. The Kier molecular flexibility index (Phi) is 3.80. The van der Waals surface area contributed by atoms with Gasteiger partial charge in [0.25, 0.3) is 0 Å². The van der Waals surface area contributed by atoms with Crippen LogP contribution < -0.4 is 5.73 Å². The van der Waals surface area contributed by atoms with Crippen molar-refractivity contribution in [1.29, 1.82) is 0 Å². The summed E-state index contributed by atoms with van der Waals surface area (Å²) in [6.45, 7) is 4.00. The van der Waals surface area contributed by atoms with Crippen LogP contribution in [0.5, 0.6) is 0 Å². The number of H-pyrrole nitrogens is 1. The number of aryl methyl sites for hydroxylation is 2. The molecular formula is C16H17N5O3. The Labute approximate surface area is 137 Å². The van der Waals surface area contributed by atoms with Crippen molar-refractivity contribution in [2.45, 2.75) is 26.3 Å². The van der Waals surface area contributed by atoms with E-state index in [1.54, 1.807) is 0 Å². The van der Waals surface area contributed by atoms with E-state index in [1.807, 2.05) is 26.0 Å². The number of aromatic nitrogens is 4. The molecule has 8 nitrogen and oxygen atoms in total. The molecule has 0 bridgehead atoms. The van der Waals surface area contributed by atoms with Gasteiger partial charge in [0.15, 0.2) is 0 Å². The fourth-order valence-electron chi connectivity index (χ4n) is 2.57. The van der Waals surface area contributed by atoms with Gasteiger partial charge in [-0.15, -0.1) is 0 Å². The number of carbonyl (C=O) groups excluding carboxylic acids is 1. The Morgan fingerprint density at radius 3 is 2.67 bits per heavy atom. The largest absolute Gasteiger partial charge is 0.478 e. The van der Waals surface area contributed by atoms with Crippen LogP contribution in [0, 0.1) is 13.8 Å². The minimum Gasteiger partial charge on any atom is -0.478 e. The van der Waals surface area contributed by atoms with E-state index in [2.05, 4.69) is 15.1 Å². The predicted molar refractivity (Wildman–Crippen MR) is 86.7 cm³/mol. The number of aromatic carboxylic acids is 1. The number of aromatic amines is 1. The Morgan fingerprint density at radius 1 is 1.33 bits per heavy atom. The highest BCUT2D eigenvalue weighted by atomic mass is 16.4. The lowest BCUT2D eigenvalue weighted by molar-refractivity contribution is -0.118. The lowest BCUT2D eigenvalue weighted by Gasteiger charge is -2.13. The molecule has 0 spiro atoms. The summed E-state index contributed by atoms with van der Waals surface area (Å²) in [4.78, 5) is 30.2. The number of imidazole rings is 1. The van der Waals surface area contributed by atoms with Gasteiger partial charge in [0.2, 0.25) is 5.91 Å². The zero-order valence-corrected chi connectivity index (χ0v) is 13.3. The van der Waals surface area contributed by atoms with Crippen LogP contribution in [0.3, 0.4) is 0 Å². The first-order valence-electron chi connectivity index (χ1n) is 7.37. The number of nitrogens with zero attached hydrogens (tertiary/aromatic N) is 3. The van der Waals surface area contributed by atoms with Gasteiger partial charge in [0.05, 0.1) is 29.2 Å². The summed E-state index contributed by atoms with van der Waals surface area (Å²) >= 11 is 0. The topological polar surface area (TPSA) is 127 Å². The zero-order chi connectivity index (χ0) is 17.4. The molecule has 0 saturated carbocycles. The number of amides is 1. The van der Waals surface area contributed by atoms with Crippen molar-refractivity contribution in [3.05, 3.63) is 47.0 Å². The molecule has 1 amide bonds. The van der Waals surface area contributed by atoms with E-state index in [1.165, 1.54) is 17.1 Å². The first-order valence-corrected chi connectivity index (χ1v) is 7.37. The SMILES string of the molecule is Cc1cc2nc(C(CC(N)=O)n3cc(C(=O)O)cn3)[nH]c2cc1C. The number of carbonyl (C=O) groups is 2. The van der Waals surface area contributed by atoms with Crippen molar-refractivity contribution in [3.63, 3.8) is 0 Å². The summed E-state index contributed by atoms with van der Waals surface area (Å²) < 4.78 is 1.39. The molecule has 0 aliphatic carbocycles. The highest BCUT2D eigenvalue weighted by molar-refractivity contribution is 5.86. The second kappa shape index (κ2) is 5.80. The lowest BCUT2D eigenvalue weighted by atomic mass is 10.1. The molecule has 0 saturated heterocycles. The van der Waals surface area contributed by atoms with E-state index in [0.717, 1.165) is 22.2 Å². The summed E-state index contributed by atoms with van der Waals surface area (Å²) in [5.41, 5.74) is 9.22. The average Bonchev–Trinajstić information content (AvgIpc) is 3.12. The monoisotopic (exact) mass is 327 g/mol. The minimum atomic E-state index is -1.09. The number of benzene rings is 1. The number of primary amides is 1. The third kappa shape index (κ3) is 2.85. The molecule has 0 radical (unpaired) electrons. The first-order chi connectivity index (χ1) is 11.3. The third-order valence-electron chi connectivity index (χ3n) is 3.99. The maximum atomic E-state index is 11.4. The summed E-state index contributed by atoms with van der Waals surface area (Å²) in [6, 6.07) is 3.34. The molecule has 0 fully saturated rings. The smallest absolute Gasteiger partial charge is 0.338 e. The highest BCUT2D eigenvalue weighted by Gasteiger charge is 2.22. The molecule has 1 aromatic carbocycles. The standard InChI is InChI=1S/C16H17N5O3/c1-8-3-11-12(4-9(8)2)20-15(19-11)13(5-14(17)22)21-7-10(6-18-21)16(23)24/h3-4,6-7,13H,5H2,1-2H3,(H2,17,22)(H,19,20)(H,23,24). The number of nitrogens with one attached hydrogen (secondary N) is 1. The summed E-state index contributed by atoms with van der Waals surface area (Å²) in [6.07, 6.45) is 2.55. The quantitative estimate of drug-likeness (QED) is 0.655. The summed E-state index contributed by atoms with van der Waals surface area (Å²) in [5.74, 6) is -1.11. The number of carboxylic acids is 1. The molecule has 2 aromatic heterocycles. The molecule has 1 unspecified atom stereocenters. The van der Waals surface area contributed by atoms with E-state index in [-0.39, 0.29) is 12.0 Å². The van der Waals surface area contributed by atoms with Gasteiger partial charge in [0, 0.05) is 6.20 Å². The number of hydrogen-bond donors (Lipinski definition) is 3. The van der Waals surface area contributed by atoms with Crippen LogP contribution in [0.1, 0.15) is 39.8 Å². The number of nitrogens with two attached hydrogens (primary N) is 1. The summed E-state index contributed by atoms with van der Waals surface area (Å²) in [7, 11) is 0. The van der Waals surface area contributed by atoms with Crippen LogP contribution in [0.2, 0.25) is 0 Å². The molecule has 0 aliphatic rings. The maximum absolute atomic E-state index is 11.4. The molecule has 24 heavy (non-hydrogen) atoms. The Balaban J connectivity index is 2.08. The van der Waals surface area contributed by atoms with Crippen LogP contribution >= 0.6 is 0 Å². The molecular weight excluding hydrogens is 310 g/mol. The van der Waals surface area contributed by atoms with E-state index in [0.29, 0.717) is 5.82 Å². The molecule has 8 heteroatoms. The second-order valence-corrected chi connectivity index (χ2v) is 5.78. The Morgan fingerprint density at radius 2 is 2.04 bits per heavy atom. The van der Waals surface area contributed by atoms with Crippen molar-refractivity contribution < 1.29 is 14.7 Å². The lowest BCUT2D eigenvalue weighted by Crippen LogP contribution is -2.21. The van der Waals surface area contributed by atoms with E-state index in [9.17, 15) is 9.59 Å². The Bertz CT molecular complexity index is 901. The van der Waals surface area contributed by atoms with Crippen molar-refractivity contribution >= 4 is 22.9 Å². The average molecular weight is 327 g/mol. The van der Waals surface area contributed by atoms with Crippen LogP contribution in [0.4, 0.5) is 0 Å². The fourth-order valence-corrected chi connectivity index (χ4v) is 2.57. The number of carboxylic acid groups (broad SMARTS) is 1. The van der Waals surface area contributed by atoms with E-state index >= 15 is 0 Å². The van der Waals surface area contributed by atoms with Gasteiger partial charge in [-0.2, -0.15) is 5.10 Å². The van der Waals surface area contributed by atoms with Crippen molar-refractivity contribution in [2.75, 3.05) is 0 Å². The molecule has 0 aliphatic heterocycles. The molecule has 124 valence electrons. The van der Waals surface area contributed by atoms with E-state index < -0.39 is 17.9 Å². The van der Waals surface area contributed by atoms with Gasteiger partial charge >= 0.3 is 5.97 Å². The first kappa shape index (κ1) is 15.7. The van der Waals surface area contributed by atoms with Gasteiger partial charge in [-0.05, 0) is 37.1 Å². The maximum Gasteiger partial charge on any atom is 0.338 e. The van der Waals surface area contributed by atoms with Crippen LogP contribution in [0.25, 0.3) is 11.0 Å². The number of rotatable bonds is 5. The van der Waals surface area contributed by atoms with Crippen molar-refractivity contribution in [1.82, 2.24) is 19.7 Å². The molecule has 3 rings (SSSR count). The molecule has 3 aromatic rings. The molecule has 4 N–H and O–H groups in total. The third-order valence-corrected chi connectivity index (χ3v) is 3.99. The van der Waals surface area contributed by atoms with E-state index in [4.69, 9.17) is 10.8 Å². The molecule has 2 heterocycles.